The number of likely N-dealkylation sites (N-methyl/N-ethyl adjacent to an activating group) is 1. The fourth-order valence-corrected chi connectivity index (χ4v) is 2.64. The molecule has 1 saturated carbocycles. The monoisotopic (exact) mass is 298 g/mol. The SMILES string of the molecule is CNC1CCCCC1Oc1nccc(C)c1Br. The van der Waals surface area contributed by atoms with Crippen LogP contribution < -0.4 is 10.1 Å². The van der Waals surface area contributed by atoms with E-state index in [9.17, 15) is 0 Å². The normalized spacial score (nSPS) is 24.6. The summed E-state index contributed by atoms with van der Waals surface area (Å²) in [6.07, 6.45) is 6.85. The van der Waals surface area contributed by atoms with Gasteiger partial charge < -0.3 is 10.1 Å². The third-order valence-corrected chi connectivity index (χ3v) is 4.35. The van der Waals surface area contributed by atoms with Crippen molar-refractivity contribution in [1.82, 2.24) is 10.3 Å². The molecular formula is C13H19BrN2O. The quantitative estimate of drug-likeness (QED) is 0.931. The zero-order chi connectivity index (χ0) is 12.3. The first kappa shape index (κ1) is 12.8. The highest BCUT2D eigenvalue weighted by Crippen LogP contribution is 2.29. The molecule has 2 rings (SSSR count). The first-order chi connectivity index (χ1) is 8.22. The fraction of sp³-hybridized carbons (Fsp3) is 0.615. The number of halogens is 1. The number of hydrogen-bond acceptors (Lipinski definition) is 3. The first-order valence-corrected chi connectivity index (χ1v) is 6.96. The molecule has 1 aromatic heterocycles. The molecule has 17 heavy (non-hydrogen) atoms. The number of pyridine rings is 1. The van der Waals surface area contributed by atoms with E-state index in [2.05, 4.69) is 33.2 Å². The molecule has 1 fully saturated rings. The fourth-order valence-electron chi connectivity index (χ4n) is 2.31. The number of nitrogens with zero attached hydrogens (tertiary/aromatic N) is 1. The molecule has 4 heteroatoms. The maximum atomic E-state index is 6.05. The zero-order valence-electron chi connectivity index (χ0n) is 10.4. The predicted molar refractivity (Wildman–Crippen MR) is 72.4 cm³/mol. The Bertz CT molecular complexity index is 384. The van der Waals surface area contributed by atoms with Crippen LogP contribution in [0.5, 0.6) is 5.88 Å². The molecule has 1 aliphatic rings. The molecule has 1 aliphatic carbocycles. The van der Waals surface area contributed by atoms with Gasteiger partial charge in [-0.25, -0.2) is 4.98 Å². The van der Waals surface area contributed by atoms with Crippen LogP contribution in [-0.2, 0) is 0 Å². The Balaban J connectivity index is 2.11. The van der Waals surface area contributed by atoms with Gasteiger partial charge in [0.15, 0.2) is 0 Å². The molecule has 1 N–H and O–H groups in total. The van der Waals surface area contributed by atoms with Crippen molar-refractivity contribution in [2.45, 2.75) is 44.8 Å². The van der Waals surface area contributed by atoms with Gasteiger partial charge in [0, 0.05) is 12.2 Å². The third-order valence-electron chi connectivity index (χ3n) is 3.39. The van der Waals surface area contributed by atoms with Gasteiger partial charge in [-0.15, -0.1) is 0 Å². The van der Waals surface area contributed by atoms with E-state index in [0.717, 1.165) is 22.3 Å². The molecule has 0 bridgehead atoms. The molecule has 0 amide bonds. The second kappa shape index (κ2) is 5.83. The van der Waals surface area contributed by atoms with E-state index in [1.165, 1.54) is 19.3 Å². The Morgan fingerprint density at radius 1 is 1.41 bits per heavy atom. The van der Waals surface area contributed by atoms with E-state index in [1.807, 2.05) is 13.1 Å². The molecule has 2 unspecified atom stereocenters. The number of rotatable bonds is 3. The Morgan fingerprint density at radius 2 is 2.18 bits per heavy atom. The third kappa shape index (κ3) is 2.99. The van der Waals surface area contributed by atoms with Gasteiger partial charge in [0.25, 0.3) is 0 Å². The Kier molecular flexibility index (Phi) is 4.40. The number of nitrogens with one attached hydrogen (secondary N) is 1. The van der Waals surface area contributed by atoms with Gasteiger partial charge in [0.1, 0.15) is 6.10 Å². The minimum absolute atomic E-state index is 0.236. The summed E-state index contributed by atoms with van der Waals surface area (Å²) < 4.78 is 7.02. The first-order valence-electron chi connectivity index (χ1n) is 6.17. The second-order valence-electron chi connectivity index (χ2n) is 4.58. The van der Waals surface area contributed by atoms with Crippen molar-refractivity contribution >= 4 is 15.9 Å². The maximum absolute atomic E-state index is 6.05. The van der Waals surface area contributed by atoms with Crippen molar-refractivity contribution < 1.29 is 4.74 Å². The van der Waals surface area contributed by atoms with Crippen LogP contribution in [0.4, 0.5) is 0 Å². The van der Waals surface area contributed by atoms with Gasteiger partial charge in [-0.3, -0.25) is 0 Å². The van der Waals surface area contributed by atoms with E-state index in [-0.39, 0.29) is 6.10 Å². The van der Waals surface area contributed by atoms with Crippen LogP contribution in [0.2, 0.25) is 0 Å². The van der Waals surface area contributed by atoms with Crippen molar-refractivity contribution in [3.8, 4) is 5.88 Å². The molecule has 0 aromatic carbocycles. The average Bonchev–Trinajstić information content (AvgIpc) is 2.35. The number of hydrogen-bond donors (Lipinski definition) is 1. The molecule has 1 aromatic rings. The van der Waals surface area contributed by atoms with E-state index < -0.39 is 0 Å². The standard InChI is InChI=1S/C13H19BrN2O/c1-9-7-8-16-13(12(9)14)17-11-6-4-3-5-10(11)15-2/h7-8,10-11,15H,3-6H2,1-2H3. The minimum atomic E-state index is 0.236. The molecule has 0 spiro atoms. The second-order valence-corrected chi connectivity index (χ2v) is 5.38. The lowest BCUT2D eigenvalue weighted by Gasteiger charge is -2.31. The Labute approximate surface area is 111 Å². The van der Waals surface area contributed by atoms with Gasteiger partial charge in [-0.05, 0) is 60.8 Å². The lowest BCUT2D eigenvalue weighted by molar-refractivity contribution is 0.112. The molecule has 94 valence electrons. The van der Waals surface area contributed by atoms with Crippen molar-refractivity contribution in [3.63, 3.8) is 0 Å². The van der Waals surface area contributed by atoms with Crippen LogP contribution >= 0.6 is 15.9 Å². The summed E-state index contributed by atoms with van der Waals surface area (Å²) in [5, 5.41) is 3.34. The van der Waals surface area contributed by atoms with Crippen LogP contribution in [0.25, 0.3) is 0 Å². The van der Waals surface area contributed by atoms with Gasteiger partial charge in [-0.1, -0.05) is 6.42 Å². The predicted octanol–water partition coefficient (Wildman–Crippen LogP) is 3.06. The average molecular weight is 299 g/mol. The maximum Gasteiger partial charge on any atom is 0.228 e. The summed E-state index contributed by atoms with van der Waals surface area (Å²) in [5.74, 6) is 0.720. The molecule has 2 atom stereocenters. The van der Waals surface area contributed by atoms with E-state index in [1.54, 1.807) is 6.20 Å². The lowest BCUT2D eigenvalue weighted by atomic mass is 9.92. The molecule has 1 heterocycles. The van der Waals surface area contributed by atoms with Crippen LogP contribution in [0.3, 0.4) is 0 Å². The van der Waals surface area contributed by atoms with Crippen molar-refractivity contribution in [1.29, 1.82) is 0 Å². The highest BCUT2D eigenvalue weighted by Gasteiger charge is 2.26. The van der Waals surface area contributed by atoms with Crippen LogP contribution in [0.15, 0.2) is 16.7 Å². The molecule has 3 nitrogen and oxygen atoms in total. The van der Waals surface area contributed by atoms with Crippen LogP contribution in [0.1, 0.15) is 31.2 Å². The van der Waals surface area contributed by atoms with Crippen LogP contribution in [0, 0.1) is 6.92 Å². The number of aryl methyl sites for hydroxylation is 1. The van der Waals surface area contributed by atoms with Crippen molar-refractivity contribution in [2.24, 2.45) is 0 Å². The van der Waals surface area contributed by atoms with E-state index in [4.69, 9.17) is 4.74 Å². The van der Waals surface area contributed by atoms with Crippen molar-refractivity contribution in [3.05, 3.63) is 22.3 Å². The Morgan fingerprint density at radius 3 is 2.94 bits per heavy atom. The molecular weight excluding hydrogens is 280 g/mol. The molecule has 0 radical (unpaired) electrons. The number of aromatic nitrogens is 1. The van der Waals surface area contributed by atoms with Crippen molar-refractivity contribution in [2.75, 3.05) is 7.05 Å². The van der Waals surface area contributed by atoms with Gasteiger partial charge in [0.2, 0.25) is 5.88 Å². The number of ether oxygens (including phenoxy) is 1. The summed E-state index contributed by atoms with van der Waals surface area (Å²) in [6, 6.07) is 2.42. The van der Waals surface area contributed by atoms with Gasteiger partial charge in [0.05, 0.1) is 4.47 Å². The van der Waals surface area contributed by atoms with Crippen LogP contribution in [-0.4, -0.2) is 24.2 Å². The zero-order valence-corrected chi connectivity index (χ0v) is 12.0. The lowest BCUT2D eigenvalue weighted by Crippen LogP contribution is -2.43. The smallest absolute Gasteiger partial charge is 0.228 e. The minimum Gasteiger partial charge on any atom is -0.472 e. The summed E-state index contributed by atoms with van der Waals surface area (Å²) >= 11 is 3.54. The highest BCUT2D eigenvalue weighted by molar-refractivity contribution is 9.10. The molecule has 0 aliphatic heterocycles. The topological polar surface area (TPSA) is 34.1 Å². The van der Waals surface area contributed by atoms with E-state index >= 15 is 0 Å². The summed E-state index contributed by atoms with van der Waals surface area (Å²) in [6.45, 7) is 2.05. The molecule has 0 saturated heterocycles. The van der Waals surface area contributed by atoms with Gasteiger partial charge >= 0.3 is 0 Å². The largest absolute Gasteiger partial charge is 0.472 e. The highest BCUT2D eigenvalue weighted by atomic mass is 79.9. The summed E-state index contributed by atoms with van der Waals surface area (Å²) in [5.41, 5.74) is 1.16. The summed E-state index contributed by atoms with van der Waals surface area (Å²) in [7, 11) is 2.01. The van der Waals surface area contributed by atoms with E-state index in [0.29, 0.717) is 6.04 Å². The summed E-state index contributed by atoms with van der Waals surface area (Å²) in [4.78, 5) is 4.31. The van der Waals surface area contributed by atoms with Gasteiger partial charge in [-0.2, -0.15) is 0 Å². The Hall–Kier alpha value is -0.610.